The zero-order valence-electron chi connectivity index (χ0n) is 14.6. The van der Waals surface area contributed by atoms with Crippen LogP contribution in [0.3, 0.4) is 0 Å². The standard InChI is InChI=1S/C20H21N3O2S/c1-14-6-2-3-7-15(14)20(25)22-10-11-23-12-18(26-13-19(21)24)16-8-4-5-9-17(16)23/h2-9,12H,10-11,13H2,1H3,(H2,21,24)(H,22,25). The van der Waals surface area contributed by atoms with Crippen molar-refractivity contribution < 1.29 is 9.59 Å². The molecule has 6 heteroatoms. The normalized spacial score (nSPS) is 10.8. The molecule has 0 saturated heterocycles. The van der Waals surface area contributed by atoms with Crippen LogP contribution in [0.2, 0.25) is 0 Å². The Morgan fingerprint density at radius 2 is 1.85 bits per heavy atom. The fourth-order valence-electron chi connectivity index (χ4n) is 2.87. The average molecular weight is 367 g/mol. The Labute approximate surface area is 156 Å². The number of aromatic nitrogens is 1. The van der Waals surface area contributed by atoms with Gasteiger partial charge in [0.15, 0.2) is 0 Å². The summed E-state index contributed by atoms with van der Waals surface area (Å²) in [4.78, 5) is 24.4. The molecule has 0 aliphatic rings. The van der Waals surface area contributed by atoms with Crippen LogP contribution in [-0.4, -0.2) is 28.7 Å². The highest BCUT2D eigenvalue weighted by Gasteiger charge is 2.11. The summed E-state index contributed by atoms with van der Waals surface area (Å²) in [5.74, 6) is -0.155. The highest BCUT2D eigenvalue weighted by atomic mass is 32.2. The number of primary amides is 1. The van der Waals surface area contributed by atoms with Gasteiger partial charge in [-0.3, -0.25) is 9.59 Å². The van der Waals surface area contributed by atoms with Crippen LogP contribution in [0.25, 0.3) is 10.9 Å². The molecule has 2 amide bonds. The first-order valence-electron chi connectivity index (χ1n) is 8.39. The van der Waals surface area contributed by atoms with E-state index in [0.717, 1.165) is 21.4 Å². The summed E-state index contributed by atoms with van der Waals surface area (Å²) in [6, 6.07) is 15.6. The predicted molar refractivity (Wildman–Crippen MR) is 105 cm³/mol. The summed E-state index contributed by atoms with van der Waals surface area (Å²) in [5, 5.41) is 4.06. The molecule has 26 heavy (non-hydrogen) atoms. The maximum absolute atomic E-state index is 12.3. The first kappa shape index (κ1) is 18.1. The monoisotopic (exact) mass is 367 g/mol. The predicted octanol–water partition coefficient (Wildman–Crippen LogP) is 2.96. The van der Waals surface area contributed by atoms with Gasteiger partial charge in [0.2, 0.25) is 5.91 Å². The van der Waals surface area contributed by atoms with Gasteiger partial charge in [0.1, 0.15) is 0 Å². The van der Waals surface area contributed by atoms with Gasteiger partial charge in [-0.15, -0.1) is 11.8 Å². The third kappa shape index (κ3) is 4.08. The number of hydrogen-bond donors (Lipinski definition) is 2. The van der Waals surface area contributed by atoms with Crippen molar-refractivity contribution in [2.45, 2.75) is 18.4 Å². The van der Waals surface area contributed by atoms with Crippen LogP contribution >= 0.6 is 11.8 Å². The minimum Gasteiger partial charge on any atom is -0.369 e. The third-order valence-electron chi connectivity index (χ3n) is 4.15. The fraction of sp³-hybridized carbons (Fsp3) is 0.200. The zero-order chi connectivity index (χ0) is 18.5. The number of thioether (sulfide) groups is 1. The van der Waals surface area contributed by atoms with Gasteiger partial charge in [0.05, 0.1) is 5.75 Å². The van der Waals surface area contributed by atoms with E-state index in [1.165, 1.54) is 11.8 Å². The van der Waals surface area contributed by atoms with Crippen LogP contribution in [0.4, 0.5) is 0 Å². The van der Waals surface area contributed by atoms with E-state index >= 15 is 0 Å². The van der Waals surface area contributed by atoms with Crippen molar-refractivity contribution in [3.8, 4) is 0 Å². The molecule has 3 rings (SSSR count). The molecule has 0 bridgehead atoms. The molecule has 0 spiro atoms. The average Bonchev–Trinajstić information content (AvgIpc) is 2.98. The Kier molecular flexibility index (Phi) is 5.63. The van der Waals surface area contributed by atoms with Gasteiger partial charge < -0.3 is 15.6 Å². The minimum atomic E-state index is -0.336. The SMILES string of the molecule is Cc1ccccc1C(=O)NCCn1cc(SCC(N)=O)c2ccccc21. The van der Waals surface area contributed by atoms with Crippen molar-refractivity contribution in [1.29, 1.82) is 0 Å². The van der Waals surface area contributed by atoms with Crippen LogP contribution < -0.4 is 11.1 Å². The zero-order valence-corrected chi connectivity index (χ0v) is 15.4. The molecule has 3 N–H and O–H groups in total. The molecule has 134 valence electrons. The Morgan fingerprint density at radius 3 is 2.62 bits per heavy atom. The van der Waals surface area contributed by atoms with Crippen molar-refractivity contribution in [1.82, 2.24) is 9.88 Å². The number of aryl methyl sites for hydroxylation is 1. The molecular weight excluding hydrogens is 346 g/mol. The number of nitrogens with two attached hydrogens (primary N) is 1. The lowest BCUT2D eigenvalue weighted by Crippen LogP contribution is -2.27. The van der Waals surface area contributed by atoms with Gasteiger partial charge >= 0.3 is 0 Å². The number of hydrogen-bond acceptors (Lipinski definition) is 3. The summed E-state index contributed by atoms with van der Waals surface area (Å²) < 4.78 is 2.09. The smallest absolute Gasteiger partial charge is 0.251 e. The second-order valence-electron chi connectivity index (χ2n) is 6.03. The van der Waals surface area contributed by atoms with Crippen LogP contribution in [0.1, 0.15) is 15.9 Å². The van der Waals surface area contributed by atoms with Crippen LogP contribution in [0, 0.1) is 6.92 Å². The quantitative estimate of drug-likeness (QED) is 0.630. The largest absolute Gasteiger partial charge is 0.369 e. The molecule has 0 saturated carbocycles. The van der Waals surface area contributed by atoms with Crippen molar-refractivity contribution in [2.24, 2.45) is 5.73 Å². The summed E-state index contributed by atoms with van der Waals surface area (Å²) in [6.45, 7) is 3.09. The number of para-hydroxylation sites is 1. The minimum absolute atomic E-state index is 0.0668. The Bertz CT molecular complexity index is 949. The molecule has 0 atom stereocenters. The van der Waals surface area contributed by atoms with Gasteiger partial charge in [-0.2, -0.15) is 0 Å². The van der Waals surface area contributed by atoms with E-state index in [1.807, 2.05) is 61.7 Å². The van der Waals surface area contributed by atoms with Gasteiger partial charge in [0, 0.05) is 40.6 Å². The molecule has 1 heterocycles. The van der Waals surface area contributed by atoms with E-state index < -0.39 is 0 Å². The molecule has 0 fully saturated rings. The molecule has 2 aromatic carbocycles. The van der Waals surface area contributed by atoms with Crippen molar-refractivity contribution in [3.05, 3.63) is 65.9 Å². The molecule has 0 radical (unpaired) electrons. The van der Waals surface area contributed by atoms with Gasteiger partial charge in [-0.25, -0.2) is 0 Å². The van der Waals surface area contributed by atoms with E-state index in [0.29, 0.717) is 18.7 Å². The number of amides is 2. The number of nitrogens with one attached hydrogen (secondary N) is 1. The lowest BCUT2D eigenvalue weighted by Gasteiger charge is -2.09. The van der Waals surface area contributed by atoms with E-state index in [2.05, 4.69) is 9.88 Å². The second-order valence-corrected chi connectivity index (χ2v) is 7.05. The van der Waals surface area contributed by atoms with E-state index in [-0.39, 0.29) is 17.6 Å². The molecule has 1 aromatic heterocycles. The van der Waals surface area contributed by atoms with Crippen LogP contribution in [0.5, 0.6) is 0 Å². The highest BCUT2D eigenvalue weighted by Crippen LogP contribution is 2.29. The summed E-state index contributed by atoms with van der Waals surface area (Å²) in [5.41, 5.74) is 7.99. The number of fused-ring (bicyclic) bond motifs is 1. The summed E-state index contributed by atoms with van der Waals surface area (Å²) in [7, 11) is 0. The van der Waals surface area contributed by atoms with Gasteiger partial charge in [-0.1, -0.05) is 36.4 Å². The molecule has 0 unspecified atom stereocenters. The van der Waals surface area contributed by atoms with Gasteiger partial charge in [-0.05, 0) is 24.6 Å². The Balaban J connectivity index is 1.70. The van der Waals surface area contributed by atoms with Gasteiger partial charge in [0.25, 0.3) is 5.91 Å². The fourth-order valence-corrected chi connectivity index (χ4v) is 3.70. The summed E-state index contributed by atoms with van der Waals surface area (Å²) >= 11 is 1.43. The molecule has 5 nitrogen and oxygen atoms in total. The van der Waals surface area contributed by atoms with Crippen molar-refractivity contribution >= 4 is 34.5 Å². The van der Waals surface area contributed by atoms with Crippen molar-refractivity contribution in [3.63, 3.8) is 0 Å². The maximum atomic E-state index is 12.3. The van der Waals surface area contributed by atoms with E-state index in [4.69, 9.17) is 5.73 Å². The Morgan fingerprint density at radius 1 is 1.12 bits per heavy atom. The van der Waals surface area contributed by atoms with Crippen molar-refractivity contribution in [2.75, 3.05) is 12.3 Å². The summed E-state index contributed by atoms with van der Waals surface area (Å²) in [6.07, 6.45) is 2.01. The Hall–Kier alpha value is -2.73. The number of rotatable bonds is 7. The first-order chi connectivity index (χ1) is 12.6. The number of carbonyl (C=O) groups is 2. The molecule has 0 aliphatic carbocycles. The van der Waals surface area contributed by atoms with Crippen LogP contribution in [0.15, 0.2) is 59.6 Å². The number of benzene rings is 2. The lowest BCUT2D eigenvalue weighted by molar-refractivity contribution is -0.115. The molecule has 3 aromatic rings. The topological polar surface area (TPSA) is 77.1 Å². The molecule has 0 aliphatic heterocycles. The molecular formula is C20H21N3O2S. The van der Waals surface area contributed by atoms with Crippen LogP contribution in [-0.2, 0) is 11.3 Å². The number of carbonyl (C=O) groups excluding carboxylic acids is 2. The third-order valence-corrected chi connectivity index (χ3v) is 5.22. The van der Waals surface area contributed by atoms with E-state index in [1.54, 1.807) is 0 Å². The first-order valence-corrected chi connectivity index (χ1v) is 9.37. The highest BCUT2D eigenvalue weighted by molar-refractivity contribution is 8.00. The maximum Gasteiger partial charge on any atom is 0.251 e. The lowest BCUT2D eigenvalue weighted by atomic mass is 10.1. The second kappa shape index (κ2) is 8.10. The number of nitrogens with zero attached hydrogens (tertiary/aromatic N) is 1. The van der Waals surface area contributed by atoms with E-state index in [9.17, 15) is 9.59 Å².